The predicted octanol–water partition coefficient (Wildman–Crippen LogP) is 0.870. The number of carbonyl (C=O) groups excluding carboxylic acids is 2. The summed E-state index contributed by atoms with van der Waals surface area (Å²) in [5, 5.41) is 5.35. The Balaban J connectivity index is 1.76. The van der Waals surface area contributed by atoms with Crippen LogP contribution in [0.4, 0.5) is 5.69 Å². The van der Waals surface area contributed by atoms with Crippen molar-refractivity contribution in [3.05, 3.63) is 48.4 Å². The van der Waals surface area contributed by atoms with Crippen molar-refractivity contribution >= 4 is 27.3 Å². The third kappa shape index (κ3) is 6.34. The van der Waals surface area contributed by atoms with Gasteiger partial charge in [-0.3, -0.25) is 14.5 Å². The Morgan fingerprint density at radius 2 is 1.73 bits per heavy atom. The summed E-state index contributed by atoms with van der Waals surface area (Å²) in [6, 6.07) is 9.38. The third-order valence-corrected chi connectivity index (χ3v) is 4.56. The molecule has 0 saturated carbocycles. The maximum atomic E-state index is 12.0. The molecule has 1 heterocycles. The molecule has 0 aliphatic rings. The molecule has 0 aliphatic heterocycles. The van der Waals surface area contributed by atoms with Crippen molar-refractivity contribution < 1.29 is 22.4 Å². The highest BCUT2D eigenvalue weighted by atomic mass is 32.2. The van der Waals surface area contributed by atoms with Crippen LogP contribution >= 0.6 is 0 Å². The Labute approximate surface area is 152 Å². The summed E-state index contributed by atoms with van der Waals surface area (Å²) >= 11 is 0. The fourth-order valence-corrected chi connectivity index (χ4v) is 2.82. The smallest absolute Gasteiger partial charge is 0.238 e. The molecule has 0 bridgehead atoms. The van der Waals surface area contributed by atoms with Crippen LogP contribution in [0, 0.1) is 0 Å². The van der Waals surface area contributed by atoms with Crippen LogP contribution in [0.1, 0.15) is 5.76 Å². The Bertz CT molecular complexity index is 845. The van der Waals surface area contributed by atoms with Crippen LogP contribution in [0.2, 0.25) is 0 Å². The number of anilines is 1. The summed E-state index contributed by atoms with van der Waals surface area (Å²) in [6.07, 6.45) is 2.65. The molecule has 0 spiro atoms. The van der Waals surface area contributed by atoms with Crippen LogP contribution in [0.15, 0.2) is 52.0 Å². The zero-order chi connectivity index (χ0) is 19.2. The Morgan fingerprint density at radius 3 is 2.31 bits per heavy atom. The van der Waals surface area contributed by atoms with Gasteiger partial charge in [0.25, 0.3) is 0 Å². The van der Waals surface area contributed by atoms with Crippen molar-refractivity contribution in [1.82, 2.24) is 10.2 Å². The van der Waals surface area contributed by atoms with E-state index in [4.69, 9.17) is 4.42 Å². The average molecular weight is 379 g/mol. The fourth-order valence-electron chi connectivity index (χ4n) is 2.19. The van der Waals surface area contributed by atoms with E-state index in [2.05, 4.69) is 10.6 Å². The van der Waals surface area contributed by atoms with E-state index in [-0.39, 0.29) is 29.8 Å². The molecule has 0 radical (unpaired) electrons. The first-order chi connectivity index (χ1) is 12.2. The Morgan fingerprint density at radius 1 is 1.08 bits per heavy atom. The van der Waals surface area contributed by atoms with Crippen LogP contribution in [-0.2, 0) is 26.0 Å². The monoisotopic (exact) mass is 379 g/mol. The second kappa shape index (κ2) is 8.63. The van der Waals surface area contributed by atoms with Gasteiger partial charge in [0.05, 0.1) is 30.8 Å². The maximum Gasteiger partial charge on any atom is 0.238 e. The minimum atomic E-state index is -3.27. The summed E-state index contributed by atoms with van der Waals surface area (Å²) in [5.74, 6) is 0.115. The number of carbonyl (C=O) groups is 2. The van der Waals surface area contributed by atoms with E-state index < -0.39 is 9.84 Å². The lowest BCUT2D eigenvalue weighted by atomic mass is 10.3. The number of nitrogens with zero attached hydrogens (tertiary/aromatic N) is 1. The van der Waals surface area contributed by atoms with E-state index >= 15 is 0 Å². The van der Waals surface area contributed by atoms with Crippen molar-refractivity contribution in [2.45, 2.75) is 11.4 Å². The van der Waals surface area contributed by atoms with Gasteiger partial charge in [-0.2, -0.15) is 0 Å². The maximum absolute atomic E-state index is 12.0. The van der Waals surface area contributed by atoms with Crippen LogP contribution in [0.5, 0.6) is 0 Å². The first-order valence-electron chi connectivity index (χ1n) is 7.81. The van der Waals surface area contributed by atoms with Crippen molar-refractivity contribution in [2.75, 3.05) is 31.7 Å². The molecule has 2 amide bonds. The van der Waals surface area contributed by atoms with E-state index in [1.165, 1.54) is 30.5 Å². The summed E-state index contributed by atoms with van der Waals surface area (Å²) in [6.45, 7) is 0.363. The first-order valence-corrected chi connectivity index (χ1v) is 9.71. The lowest BCUT2D eigenvalue weighted by Crippen LogP contribution is -2.38. The molecule has 0 unspecified atom stereocenters. The minimum Gasteiger partial charge on any atom is -0.467 e. The summed E-state index contributed by atoms with van der Waals surface area (Å²) in [4.78, 5) is 25.6. The molecule has 0 aliphatic carbocycles. The van der Waals surface area contributed by atoms with Gasteiger partial charge in [0, 0.05) is 11.9 Å². The molecular formula is C17H21N3O5S. The molecule has 2 N–H and O–H groups in total. The lowest BCUT2D eigenvalue weighted by Gasteiger charge is -2.16. The van der Waals surface area contributed by atoms with Gasteiger partial charge in [0.1, 0.15) is 5.76 Å². The van der Waals surface area contributed by atoms with Gasteiger partial charge in [-0.1, -0.05) is 0 Å². The highest BCUT2D eigenvalue weighted by Crippen LogP contribution is 2.13. The molecule has 26 heavy (non-hydrogen) atoms. The quantitative estimate of drug-likeness (QED) is 0.704. The van der Waals surface area contributed by atoms with Crippen molar-refractivity contribution in [2.24, 2.45) is 0 Å². The molecule has 8 nitrogen and oxygen atoms in total. The van der Waals surface area contributed by atoms with E-state index in [1.807, 2.05) is 0 Å². The standard InChI is InChI=1S/C17H21N3O5S/c1-20(11-16(21)18-10-14-4-3-9-25-14)12-17(22)19-13-5-7-15(8-6-13)26(2,23)24/h3-9H,10-12H2,1-2H3,(H,18,21)(H,19,22). The normalized spacial score (nSPS) is 11.3. The van der Waals surface area contributed by atoms with E-state index in [1.54, 1.807) is 24.1 Å². The summed E-state index contributed by atoms with van der Waals surface area (Å²) < 4.78 is 27.9. The predicted molar refractivity (Wildman–Crippen MR) is 96.2 cm³/mol. The summed E-state index contributed by atoms with van der Waals surface area (Å²) in [7, 11) is -1.62. The number of amides is 2. The van der Waals surface area contributed by atoms with Gasteiger partial charge in [0.2, 0.25) is 11.8 Å². The minimum absolute atomic E-state index is 0.0159. The highest BCUT2D eigenvalue weighted by Gasteiger charge is 2.12. The highest BCUT2D eigenvalue weighted by molar-refractivity contribution is 7.90. The molecule has 140 valence electrons. The second-order valence-corrected chi connectivity index (χ2v) is 7.89. The topological polar surface area (TPSA) is 109 Å². The largest absolute Gasteiger partial charge is 0.467 e. The van der Waals surface area contributed by atoms with Crippen molar-refractivity contribution in [1.29, 1.82) is 0 Å². The molecule has 2 aromatic rings. The molecule has 9 heteroatoms. The van der Waals surface area contributed by atoms with E-state index in [0.29, 0.717) is 18.0 Å². The summed E-state index contributed by atoms with van der Waals surface area (Å²) in [5.41, 5.74) is 0.484. The number of hydrogen-bond acceptors (Lipinski definition) is 6. The number of nitrogens with one attached hydrogen (secondary N) is 2. The molecule has 0 saturated heterocycles. The van der Waals surface area contributed by atoms with Crippen LogP contribution in [0.25, 0.3) is 0 Å². The second-order valence-electron chi connectivity index (χ2n) is 5.87. The number of benzene rings is 1. The van der Waals surface area contributed by atoms with Gasteiger partial charge in [0.15, 0.2) is 9.84 Å². The fraction of sp³-hybridized carbons (Fsp3) is 0.294. The molecule has 2 rings (SSSR count). The Kier molecular flexibility index (Phi) is 6.53. The zero-order valence-electron chi connectivity index (χ0n) is 14.6. The van der Waals surface area contributed by atoms with Crippen LogP contribution in [-0.4, -0.2) is 51.5 Å². The van der Waals surface area contributed by atoms with Gasteiger partial charge in [-0.25, -0.2) is 8.42 Å². The molecule has 1 aromatic heterocycles. The number of sulfone groups is 1. The first kappa shape index (κ1) is 19.7. The zero-order valence-corrected chi connectivity index (χ0v) is 15.4. The molecular weight excluding hydrogens is 358 g/mol. The Hall–Kier alpha value is -2.65. The lowest BCUT2D eigenvalue weighted by molar-refractivity contribution is -0.123. The molecule has 0 fully saturated rings. The average Bonchev–Trinajstić information content (AvgIpc) is 3.05. The number of likely N-dealkylation sites (N-methyl/N-ethyl adjacent to an activating group) is 1. The number of furan rings is 1. The van der Waals surface area contributed by atoms with Gasteiger partial charge >= 0.3 is 0 Å². The SMILES string of the molecule is CN(CC(=O)NCc1ccco1)CC(=O)Nc1ccc(S(C)(=O)=O)cc1. The van der Waals surface area contributed by atoms with E-state index in [0.717, 1.165) is 6.26 Å². The molecule has 1 aromatic carbocycles. The van der Waals surface area contributed by atoms with Crippen LogP contribution in [0.3, 0.4) is 0 Å². The van der Waals surface area contributed by atoms with Crippen molar-refractivity contribution in [3.63, 3.8) is 0 Å². The van der Waals surface area contributed by atoms with Gasteiger partial charge in [-0.15, -0.1) is 0 Å². The molecule has 0 atom stereocenters. The number of rotatable bonds is 8. The van der Waals surface area contributed by atoms with Gasteiger partial charge < -0.3 is 15.1 Å². The van der Waals surface area contributed by atoms with Gasteiger partial charge in [-0.05, 0) is 43.4 Å². The number of hydrogen-bond donors (Lipinski definition) is 2. The van der Waals surface area contributed by atoms with Crippen molar-refractivity contribution in [3.8, 4) is 0 Å². The van der Waals surface area contributed by atoms with E-state index in [9.17, 15) is 18.0 Å². The third-order valence-electron chi connectivity index (χ3n) is 3.43. The van der Waals surface area contributed by atoms with Crippen LogP contribution < -0.4 is 10.6 Å².